The Balaban J connectivity index is 2.21. The second kappa shape index (κ2) is 6.72. The highest BCUT2D eigenvalue weighted by atomic mass is 35.5. The smallest absolute Gasteiger partial charge is 0.401 e. The monoisotopic (exact) mass is 324 g/mol. The van der Waals surface area contributed by atoms with Crippen LogP contribution in [0.5, 0.6) is 11.5 Å². The average molecular weight is 325 g/mol. The molecule has 2 rings (SSSR count). The second-order valence-corrected chi connectivity index (χ2v) is 5.07. The number of alkyl halides is 3. The summed E-state index contributed by atoms with van der Waals surface area (Å²) in [7, 11) is 0. The van der Waals surface area contributed by atoms with Gasteiger partial charge in [0.1, 0.15) is 0 Å². The molecule has 0 radical (unpaired) electrons. The van der Waals surface area contributed by atoms with Crippen LogP contribution in [0, 0.1) is 0 Å². The van der Waals surface area contributed by atoms with Crippen LogP contribution in [0.15, 0.2) is 12.1 Å². The summed E-state index contributed by atoms with van der Waals surface area (Å²) < 4.78 is 47.9. The van der Waals surface area contributed by atoms with E-state index in [0.717, 1.165) is 0 Å². The van der Waals surface area contributed by atoms with E-state index in [9.17, 15) is 13.2 Å². The molecule has 118 valence electrons. The fourth-order valence-corrected chi connectivity index (χ4v) is 2.30. The van der Waals surface area contributed by atoms with E-state index in [4.69, 9.17) is 26.8 Å². The number of hydrogen-bond donors (Lipinski definition) is 2. The fourth-order valence-electron chi connectivity index (χ4n) is 2.03. The maximum absolute atomic E-state index is 12.3. The summed E-state index contributed by atoms with van der Waals surface area (Å²) >= 11 is 6.12. The van der Waals surface area contributed by atoms with Gasteiger partial charge in [-0.15, -0.1) is 0 Å². The zero-order chi connectivity index (χ0) is 15.5. The number of halogens is 4. The molecule has 0 fully saturated rings. The highest BCUT2D eigenvalue weighted by Crippen LogP contribution is 2.39. The summed E-state index contributed by atoms with van der Waals surface area (Å²) in [6.07, 6.45) is -3.59. The van der Waals surface area contributed by atoms with Gasteiger partial charge in [-0.25, -0.2) is 0 Å². The maximum atomic E-state index is 12.3. The largest absolute Gasteiger partial charge is 0.489 e. The van der Waals surface area contributed by atoms with E-state index in [1.165, 1.54) is 0 Å². The average Bonchev–Trinajstić information content (AvgIpc) is 2.64. The first-order chi connectivity index (χ1) is 9.90. The zero-order valence-electron chi connectivity index (χ0n) is 11.2. The quantitative estimate of drug-likeness (QED) is 0.894. The van der Waals surface area contributed by atoms with Gasteiger partial charge in [0.15, 0.2) is 11.5 Å². The van der Waals surface area contributed by atoms with E-state index in [-0.39, 0.29) is 6.54 Å². The Bertz CT molecular complexity index is 497. The lowest BCUT2D eigenvalue weighted by atomic mass is 10.1. The van der Waals surface area contributed by atoms with Crippen molar-refractivity contribution < 1.29 is 22.6 Å². The SMILES string of the molecule is NCC(NCC(F)(F)F)c1cc(Cl)c2c(c1)OCCCO2. The zero-order valence-corrected chi connectivity index (χ0v) is 11.9. The molecule has 1 unspecified atom stereocenters. The number of rotatable bonds is 4. The van der Waals surface area contributed by atoms with Crippen LogP contribution in [0.3, 0.4) is 0 Å². The summed E-state index contributed by atoms with van der Waals surface area (Å²) in [4.78, 5) is 0. The summed E-state index contributed by atoms with van der Waals surface area (Å²) in [6.45, 7) is -0.165. The lowest BCUT2D eigenvalue weighted by molar-refractivity contribution is -0.126. The molecule has 3 N–H and O–H groups in total. The topological polar surface area (TPSA) is 56.5 Å². The predicted octanol–water partition coefficient (Wildman–Crippen LogP) is 2.65. The number of fused-ring (bicyclic) bond motifs is 1. The van der Waals surface area contributed by atoms with Gasteiger partial charge in [-0.3, -0.25) is 0 Å². The molecule has 8 heteroatoms. The molecule has 1 atom stereocenters. The van der Waals surface area contributed by atoms with Crippen LogP contribution in [-0.2, 0) is 0 Å². The standard InChI is InChI=1S/C13H16ClF3N2O2/c14-9-4-8(10(6-18)19-7-13(15,16)17)5-11-12(9)21-3-1-2-20-11/h4-5,10,19H,1-3,6-7,18H2. The summed E-state index contributed by atoms with van der Waals surface area (Å²) in [5, 5.41) is 2.67. The van der Waals surface area contributed by atoms with Crippen molar-refractivity contribution in [3.63, 3.8) is 0 Å². The molecule has 1 aromatic carbocycles. The Kier molecular flexibility index (Phi) is 5.18. The molecule has 1 heterocycles. The molecule has 4 nitrogen and oxygen atoms in total. The fraction of sp³-hybridized carbons (Fsp3) is 0.538. The van der Waals surface area contributed by atoms with Crippen molar-refractivity contribution in [2.45, 2.75) is 18.6 Å². The lowest BCUT2D eigenvalue weighted by Gasteiger charge is -2.20. The van der Waals surface area contributed by atoms with Crippen molar-refractivity contribution in [2.24, 2.45) is 5.73 Å². The van der Waals surface area contributed by atoms with Crippen molar-refractivity contribution in [2.75, 3.05) is 26.3 Å². The number of benzene rings is 1. The summed E-state index contributed by atoms with van der Waals surface area (Å²) in [5.74, 6) is 0.853. The first-order valence-electron chi connectivity index (χ1n) is 6.50. The van der Waals surface area contributed by atoms with Gasteiger partial charge in [0.05, 0.1) is 24.8 Å². The molecule has 0 aliphatic carbocycles. The van der Waals surface area contributed by atoms with Crippen LogP contribution >= 0.6 is 11.6 Å². The van der Waals surface area contributed by atoms with Crippen LogP contribution < -0.4 is 20.5 Å². The molecule has 1 aliphatic rings. The number of hydrogen-bond acceptors (Lipinski definition) is 4. The number of nitrogens with two attached hydrogens (primary N) is 1. The predicted molar refractivity (Wildman–Crippen MR) is 72.9 cm³/mol. The van der Waals surface area contributed by atoms with Gasteiger partial charge >= 0.3 is 6.18 Å². The third-order valence-corrected chi connectivity index (χ3v) is 3.29. The Hall–Kier alpha value is -1.18. The summed E-state index contributed by atoms with van der Waals surface area (Å²) in [5.41, 5.74) is 6.08. The van der Waals surface area contributed by atoms with Gasteiger partial charge in [-0.05, 0) is 17.7 Å². The van der Waals surface area contributed by atoms with Gasteiger partial charge in [-0.2, -0.15) is 13.2 Å². The van der Waals surface area contributed by atoms with Crippen LogP contribution in [0.4, 0.5) is 13.2 Å². The highest BCUT2D eigenvalue weighted by Gasteiger charge is 2.28. The van der Waals surface area contributed by atoms with E-state index in [1.807, 2.05) is 0 Å². The first kappa shape index (κ1) is 16.2. The van der Waals surface area contributed by atoms with Gasteiger partial charge in [0, 0.05) is 19.0 Å². The Morgan fingerprint density at radius 3 is 2.67 bits per heavy atom. The van der Waals surface area contributed by atoms with E-state index >= 15 is 0 Å². The minimum Gasteiger partial charge on any atom is -0.489 e. The van der Waals surface area contributed by atoms with Crippen LogP contribution in [0.25, 0.3) is 0 Å². The van der Waals surface area contributed by atoms with Gasteiger partial charge < -0.3 is 20.5 Å². The van der Waals surface area contributed by atoms with Crippen LogP contribution in [0.1, 0.15) is 18.0 Å². The van der Waals surface area contributed by atoms with Gasteiger partial charge in [0.2, 0.25) is 0 Å². The normalized spacial score (nSPS) is 16.4. The Labute approximate surface area is 125 Å². The second-order valence-electron chi connectivity index (χ2n) is 4.66. The molecule has 0 saturated heterocycles. The van der Waals surface area contributed by atoms with Crippen molar-refractivity contribution in [1.82, 2.24) is 5.32 Å². The minimum atomic E-state index is -4.30. The van der Waals surface area contributed by atoms with Crippen LogP contribution in [0.2, 0.25) is 5.02 Å². The van der Waals surface area contributed by atoms with Crippen molar-refractivity contribution in [3.05, 3.63) is 22.7 Å². The molecule has 0 amide bonds. The molecular formula is C13H16ClF3N2O2. The maximum Gasteiger partial charge on any atom is 0.401 e. The Morgan fingerprint density at radius 1 is 1.29 bits per heavy atom. The molecule has 1 aliphatic heterocycles. The number of nitrogens with one attached hydrogen (secondary N) is 1. The molecule has 1 aromatic rings. The molecule has 0 bridgehead atoms. The van der Waals surface area contributed by atoms with E-state index in [2.05, 4.69) is 5.32 Å². The van der Waals surface area contributed by atoms with Crippen molar-refractivity contribution in [3.8, 4) is 11.5 Å². The third-order valence-electron chi connectivity index (χ3n) is 3.01. The first-order valence-corrected chi connectivity index (χ1v) is 6.88. The molecule has 0 saturated carbocycles. The van der Waals surface area contributed by atoms with Crippen molar-refractivity contribution in [1.29, 1.82) is 0 Å². The molecule has 0 aromatic heterocycles. The Morgan fingerprint density at radius 2 is 2.00 bits per heavy atom. The lowest BCUT2D eigenvalue weighted by Crippen LogP contribution is -2.35. The van der Waals surface area contributed by atoms with Crippen LogP contribution in [-0.4, -0.2) is 32.5 Å². The van der Waals surface area contributed by atoms with Gasteiger partial charge in [0.25, 0.3) is 0 Å². The number of ether oxygens (including phenoxy) is 2. The van der Waals surface area contributed by atoms with E-state index in [0.29, 0.717) is 41.7 Å². The minimum absolute atomic E-state index is 0.00600. The van der Waals surface area contributed by atoms with E-state index < -0.39 is 18.8 Å². The van der Waals surface area contributed by atoms with Crippen molar-refractivity contribution >= 4 is 11.6 Å². The molecule has 0 spiro atoms. The third kappa shape index (κ3) is 4.39. The highest BCUT2D eigenvalue weighted by molar-refractivity contribution is 6.32. The molecular weight excluding hydrogens is 309 g/mol. The van der Waals surface area contributed by atoms with Gasteiger partial charge in [-0.1, -0.05) is 11.6 Å². The molecule has 21 heavy (non-hydrogen) atoms. The summed E-state index contributed by atoms with van der Waals surface area (Å²) in [6, 6.07) is 2.50. The van der Waals surface area contributed by atoms with E-state index in [1.54, 1.807) is 12.1 Å².